The van der Waals surface area contributed by atoms with E-state index in [1.165, 1.54) is 12.1 Å². The van der Waals surface area contributed by atoms with E-state index < -0.39 is 35.8 Å². The monoisotopic (exact) mass is 562 g/mol. The predicted molar refractivity (Wildman–Crippen MR) is 146 cm³/mol. The Labute approximate surface area is 228 Å². The van der Waals surface area contributed by atoms with Crippen molar-refractivity contribution in [3.05, 3.63) is 40.2 Å². The van der Waals surface area contributed by atoms with Gasteiger partial charge in [0.15, 0.2) is 5.82 Å². The number of anilines is 4. The standard InChI is InChI=1S/C23H30N8O7S/c1-31-13(9-26-18-17(31)20(34)30-23(24)29-18)8-25-12-4-2-11(3-5-12)19(33)28-14(21(35)36)6-7-16(32)27-15(10-39)22(37)38/h2-5,13-15,25,39H,6-10H2,1H3,(H,27,32)(H,28,33)(H,35,36)(H,37,38)(H4,24,26,29,30,34). The highest BCUT2D eigenvalue weighted by Gasteiger charge is 2.27. The third-order valence-corrected chi connectivity index (χ3v) is 6.45. The molecule has 16 heteroatoms. The van der Waals surface area contributed by atoms with E-state index in [-0.39, 0.29) is 41.7 Å². The van der Waals surface area contributed by atoms with E-state index in [4.69, 9.17) is 10.8 Å². The molecule has 0 fully saturated rings. The van der Waals surface area contributed by atoms with Crippen LogP contribution in [0.25, 0.3) is 0 Å². The first-order chi connectivity index (χ1) is 18.5. The molecule has 0 saturated heterocycles. The van der Waals surface area contributed by atoms with Crippen molar-refractivity contribution in [3.8, 4) is 0 Å². The Morgan fingerprint density at radius 2 is 1.82 bits per heavy atom. The summed E-state index contributed by atoms with van der Waals surface area (Å²) in [6.45, 7) is 0.963. The number of carboxylic acid groups (broad SMARTS) is 2. The zero-order valence-electron chi connectivity index (χ0n) is 20.9. The smallest absolute Gasteiger partial charge is 0.327 e. The Kier molecular flexibility index (Phi) is 9.59. The Hall–Kier alpha value is -4.47. The van der Waals surface area contributed by atoms with Crippen LogP contribution >= 0.6 is 12.6 Å². The van der Waals surface area contributed by atoms with Gasteiger partial charge in [0.2, 0.25) is 11.9 Å². The molecule has 2 heterocycles. The summed E-state index contributed by atoms with van der Waals surface area (Å²) in [5, 5.41) is 29.4. The van der Waals surface area contributed by atoms with Crippen LogP contribution in [0.3, 0.4) is 0 Å². The summed E-state index contributed by atoms with van der Waals surface area (Å²) in [5.41, 5.74) is 6.52. The van der Waals surface area contributed by atoms with Gasteiger partial charge in [-0.3, -0.25) is 19.4 Å². The van der Waals surface area contributed by atoms with Crippen molar-refractivity contribution in [1.29, 1.82) is 0 Å². The fourth-order valence-corrected chi connectivity index (χ4v) is 4.13. The average Bonchev–Trinajstić information content (AvgIpc) is 2.88. The lowest BCUT2D eigenvalue weighted by molar-refractivity contribution is -0.142. The third kappa shape index (κ3) is 7.53. The van der Waals surface area contributed by atoms with Crippen LogP contribution in [0.15, 0.2) is 29.1 Å². The highest BCUT2D eigenvalue weighted by atomic mass is 32.1. The van der Waals surface area contributed by atoms with Gasteiger partial charge in [0, 0.05) is 43.6 Å². The average molecular weight is 563 g/mol. The van der Waals surface area contributed by atoms with Crippen LogP contribution in [0.2, 0.25) is 0 Å². The molecule has 0 spiro atoms. The number of carbonyl (C=O) groups excluding carboxylic acids is 2. The van der Waals surface area contributed by atoms with E-state index in [1.54, 1.807) is 24.1 Å². The van der Waals surface area contributed by atoms with E-state index in [9.17, 15) is 29.1 Å². The summed E-state index contributed by atoms with van der Waals surface area (Å²) in [4.78, 5) is 67.8. The number of hydrogen-bond acceptors (Lipinski definition) is 11. The van der Waals surface area contributed by atoms with Gasteiger partial charge in [-0.2, -0.15) is 17.6 Å². The highest BCUT2D eigenvalue weighted by molar-refractivity contribution is 7.80. The number of nitrogen functional groups attached to an aromatic ring is 1. The maximum absolute atomic E-state index is 12.6. The summed E-state index contributed by atoms with van der Waals surface area (Å²) in [7, 11) is 1.78. The number of H-pyrrole nitrogens is 1. The lowest BCUT2D eigenvalue weighted by Gasteiger charge is -2.35. The number of carboxylic acids is 2. The molecule has 39 heavy (non-hydrogen) atoms. The van der Waals surface area contributed by atoms with Gasteiger partial charge in [0.25, 0.3) is 11.5 Å². The van der Waals surface area contributed by atoms with Crippen LogP contribution in [0, 0.1) is 0 Å². The molecule has 3 atom stereocenters. The number of aliphatic carboxylic acids is 2. The zero-order chi connectivity index (χ0) is 28.7. The Morgan fingerprint density at radius 1 is 1.15 bits per heavy atom. The number of benzene rings is 1. The topological polar surface area (TPSA) is 232 Å². The number of fused-ring (bicyclic) bond motifs is 1. The largest absolute Gasteiger partial charge is 0.480 e. The minimum atomic E-state index is -1.36. The quantitative estimate of drug-likeness (QED) is 0.144. The molecule has 9 N–H and O–H groups in total. The molecule has 15 nitrogen and oxygen atoms in total. The molecule has 2 amide bonds. The number of aromatic amines is 1. The van der Waals surface area contributed by atoms with Gasteiger partial charge in [0.05, 0.1) is 6.04 Å². The Balaban J connectivity index is 1.53. The summed E-state index contributed by atoms with van der Waals surface area (Å²) in [5.74, 6) is -3.59. The number of thiol groups is 1. The third-order valence-electron chi connectivity index (χ3n) is 6.09. The van der Waals surface area contributed by atoms with Gasteiger partial charge in [-0.05, 0) is 30.7 Å². The van der Waals surface area contributed by atoms with E-state index in [0.717, 1.165) is 0 Å². The second kappa shape index (κ2) is 12.9. The number of likely N-dealkylation sites (N-methyl/N-ethyl adjacent to an activating group) is 1. The summed E-state index contributed by atoms with van der Waals surface area (Å²) < 4.78 is 0. The summed E-state index contributed by atoms with van der Waals surface area (Å²) in [6.07, 6.45) is -0.537. The molecule has 3 rings (SSSR count). The first-order valence-electron chi connectivity index (χ1n) is 11.9. The van der Waals surface area contributed by atoms with Crippen molar-refractivity contribution in [1.82, 2.24) is 20.6 Å². The highest BCUT2D eigenvalue weighted by Crippen LogP contribution is 2.25. The van der Waals surface area contributed by atoms with Crippen molar-refractivity contribution in [3.63, 3.8) is 0 Å². The number of nitrogens with two attached hydrogens (primary N) is 1. The van der Waals surface area contributed by atoms with Crippen LogP contribution in [0.4, 0.5) is 23.1 Å². The van der Waals surface area contributed by atoms with Gasteiger partial charge in [0.1, 0.15) is 17.8 Å². The first kappa shape index (κ1) is 29.1. The van der Waals surface area contributed by atoms with E-state index in [0.29, 0.717) is 30.3 Å². The Morgan fingerprint density at radius 3 is 2.44 bits per heavy atom. The van der Waals surface area contributed by atoms with Crippen LogP contribution in [-0.4, -0.2) is 87.9 Å². The molecule has 1 aromatic heterocycles. The molecule has 0 aliphatic carbocycles. The number of nitrogens with one attached hydrogen (secondary N) is 5. The van der Waals surface area contributed by atoms with Gasteiger partial charge < -0.3 is 42.1 Å². The molecule has 0 radical (unpaired) electrons. The SMILES string of the molecule is CN1c2c(nc(N)[nH]c2=O)NCC1CNc1ccc(C(=O)NC(CCC(=O)NC(CS)C(=O)O)C(=O)O)cc1. The van der Waals surface area contributed by atoms with Gasteiger partial charge >= 0.3 is 11.9 Å². The van der Waals surface area contributed by atoms with Crippen LogP contribution < -0.4 is 37.5 Å². The maximum Gasteiger partial charge on any atom is 0.327 e. The molecular weight excluding hydrogens is 532 g/mol. The normalized spacial score (nSPS) is 15.7. The number of nitrogens with zero attached hydrogens (tertiary/aromatic N) is 2. The van der Waals surface area contributed by atoms with Crippen LogP contribution in [-0.2, 0) is 14.4 Å². The first-order valence-corrected chi connectivity index (χ1v) is 12.5. The molecular formula is C23H30N8O7S. The number of carbonyl (C=O) groups is 4. The number of hydrogen-bond donors (Lipinski definition) is 9. The van der Waals surface area contributed by atoms with E-state index in [2.05, 4.69) is 43.9 Å². The molecule has 3 unspecified atom stereocenters. The second-order valence-electron chi connectivity index (χ2n) is 8.80. The zero-order valence-corrected chi connectivity index (χ0v) is 21.8. The molecule has 1 aromatic carbocycles. The minimum Gasteiger partial charge on any atom is -0.480 e. The van der Waals surface area contributed by atoms with Gasteiger partial charge in [-0.1, -0.05) is 0 Å². The fraction of sp³-hybridized carbons (Fsp3) is 0.391. The van der Waals surface area contributed by atoms with Crippen molar-refractivity contribution in [2.24, 2.45) is 0 Å². The van der Waals surface area contributed by atoms with E-state index >= 15 is 0 Å². The Bertz CT molecular complexity index is 1290. The molecule has 0 saturated carbocycles. The molecule has 210 valence electrons. The van der Waals surface area contributed by atoms with Crippen LogP contribution in [0.5, 0.6) is 0 Å². The van der Waals surface area contributed by atoms with Crippen molar-refractivity contribution in [2.75, 3.05) is 47.2 Å². The molecule has 2 aromatic rings. The predicted octanol–water partition coefficient (Wildman–Crippen LogP) is -0.843. The van der Waals surface area contributed by atoms with E-state index in [1.807, 2.05) is 0 Å². The van der Waals surface area contributed by atoms with Crippen molar-refractivity contribution in [2.45, 2.75) is 31.0 Å². The summed E-state index contributed by atoms with van der Waals surface area (Å²) in [6, 6.07) is 3.69. The number of amides is 2. The van der Waals surface area contributed by atoms with Gasteiger partial charge in [-0.15, -0.1) is 0 Å². The number of rotatable bonds is 12. The van der Waals surface area contributed by atoms with Gasteiger partial charge in [-0.25, -0.2) is 9.59 Å². The molecule has 1 aliphatic heterocycles. The lowest BCUT2D eigenvalue weighted by Crippen LogP contribution is -2.48. The lowest BCUT2D eigenvalue weighted by atomic mass is 10.1. The molecule has 0 bridgehead atoms. The van der Waals surface area contributed by atoms with Crippen molar-refractivity contribution >= 4 is 59.5 Å². The summed E-state index contributed by atoms with van der Waals surface area (Å²) >= 11 is 3.85. The fourth-order valence-electron chi connectivity index (χ4n) is 3.88. The number of aromatic nitrogens is 2. The minimum absolute atomic E-state index is 0.0265. The second-order valence-corrected chi connectivity index (χ2v) is 9.16. The maximum atomic E-state index is 12.6. The molecule has 1 aliphatic rings. The van der Waals surface area contributed by atoms with Crippen molar-refractivity contribution < 1.29 is 29.4 Å². The van der Waals surface area contributed by atoms with Crippen LogP contribution in [0.1, 0.15) is 23.2 Å².